The Morgan fingerprint density at radius 3 is 0.943 bits per heavy atom. The maximum Gasteiger partial charge on any atom is 0.417 e. The third kappa shape index (κ3) is 9.35. The summed E-state index contributed by atoms with van der Waals surface area (Å²) in [4.78, 5) is 4.35. The summed E-state index contributed by atoms with van der Waals surface area (Å²) in [7, 11) is 0. The van der Waals surface area contributed by atoms with Gasteiger partial charge in [-0.15, -0.1) is 0 Å². The Kier molecular flexibility index (Phi) is 13.7. The first-order valence-electron chi connectivity index (χ1n) is 29.9. The zero-order chi connectivity index (χ0) is 61.2. The lowest BCUT2D eigenvalue weighted by atomic mass is 9.86. The Bertz CT molecular complexity index is 4800. The molecule has 87 heavy (non-hydrogen) atoms. The van der Waals surface area contributed by atoms with Crippen molar-refractivity contribution in [2.24, 2.45) is 0 Å². The maximum absolute atomic E-state index is 15.9. The minimum Gasteiger partial charge on any atom is -0.310 e. The number of rotatable bonds is 8. The SMILES string of the molecule is [C-]#[N+]c1cccc(-n2c3ccc(-c4c(C)cc(C)cc4C)cc3c3cc(-c4c(C)cc(C)cc4C)ccc32)c1-c1c(-c2c(C)cccc2C(F)(F)F)cccc1-n1c2ccc(-c3c(C)cc(C)cc3C)cc2c2cc(-c3c(C)cc(C)cc3C)ccc21. The monoisotopic (exact) mass is 1140 g/mol. The number of benzene rings is 11. The van der Waals surface area contributed by atoms with Gasteiger partial charge in [0, 0.05) is 38.4 Å². The lowest BCUT2D eigenvalue weighted by Gasteiger charge is -2.25. The van der Waals surface area contributed by atoms with Crippen LogP contribution in [-0.2, 0) is 6.18 Å². The van der Waals surface area contributed by atoms with E-state index in [1.54, 1.807) is 13.0 Å². The van der Waals surface area contributed by atoms with E-state index >= 15 is 13.2 Å². The quantitative estimate of drug-likeness (QED) is 0.135. The summed E-state index contributed by atoms with van der Waals surface area (Å²) < 4.78 is 52.3. The van der Waals surface area contributed by atoms with Crippen molar-refractivity contribution in [3.05, 3.63) is 265 Å². The number of nitrogens with zero attached hydrogens (tertiary/aromatic N) is 3. The number of fused-ring (bicyclic) bond motifs is 6. The first-order chi connectivity index (χ1) is 41.6. The number of halogens is 3. The second kappa shape index (κ2) is 21.1. The number of hydrogen-bond acceptors (Lipinski definition) is 0. The zero-order valence-corrected chi connectivity index (χ0v) is 51.7. The fourth-order valence-corrected chi connectivity index (χ4v) is 15.3. The smallest absolute Gasteiger partial charge is 0.310 e. The van der Waals surface area contributed by atoms with E-state index in [-0.39, 0.29) is 5.56 Å². The summed E-state index contributed by atoms with van der Waals surface area (Å²) in [6, 6.07) is 60.5. The van der Waals surface area contributed by atoms with Crippen LogP contribution in [0.4, 0.5) is 18.9 Å². The minimum absolute atomic E-state index is 0.0674. The van der Waals surface area contributed by atoms with Crippen molar-refractivity contribution in [3.8, 4) is 78.1 Å². The van der Waals surface area contributed by atoms with E-state index in [1.165, 1.54) is 101 Å². The number of alkyl halides is 3. The molecule has 0 radical (unpaired) electrons. The Morgan fingerprint density at radius 1 is 0.310 bits per heavy atom. The van der Waals surface area contributed by atoms with Crippen molar-refractivity contribution >= 4 is 49.3 Å². The van der Waals surface area contributed by atoms with Crippen LogP contribution in [0.3, 0.4) is 0 Å². The van der Waals surface area contributed by atoms with Gasteiger partial charge in [0.05, 0.1) is 39.9 Å². The average Bonchev–Trinajstić information content (AvgIpc) is 1.65. The molecule has 0 N–H and O–H groups in total. The van der Waals surface area contributed by atoms with Crippen molar-refractivity contribution in [1.29, 1.82) is 0 Å². The van der Waals surface area contributed by atoms with E-state index in [2.05, 4.69) is 218 Å². The van der Waals surface area contributed by atoms with Crippen LogP contribution < -0.4 is 0 Å². The Balaban J connectivity index is 1.18. The molecule has 11 aromatic carbocycles. The minimum atomic E-state index is -4.71. The summed E-state index contributed by atoms with van der Waals surface area (Å²) in [6.07, 6.45) is -4.71. The summed E-state index contributed by atoms with van der Waals surface area (Å²) in [5.74, 6) is 0. The fourth-order valence-electron chi connectivity index (χ4n) is 15.3. The van der Waals surface area contributed by atoms with Crippen LogP contribution >= 0.6 is 0 Å². The fraction of sp³-hybridized carbons (Fsp3) is 0.173. The van der Waals surface area contributed by atoms with Crippen LogP contribution in [-0.4, -0.2) is 9.13 Å². The van der Waals surface area contributed by atoms with Gasteiger partial charge >= 0.3 is 6.18 Å². The van der Waals surface area contributed by atoms with Crippen molar-refractivity contribution in [2.45, 2.75) is 96.2 Å². The number of aryl methyl sites for hydroxylation is 13. The zero-order valence-electron chi connectivity index (χ0n) is 51.7. The van der Waals surface area contributed by atoms with Gasteiger partial charge in [0.25, 0.3) is 0 Å². The third-order valence-corrected chi connectivity index (χ3v) is 18.2. The van der Waals surface area contributed by atoms with E-state index in [1.807, 2.05) is 36.4 Å². The molecule has 0 saturated carbocycles. The molecular formula is C81H68F3N3. The van der Waals surface area contributed by atoms with Gasteiger partial charge in [0.15, 0.2) is 5.69 Å². The lowest BCUT2D eigenvalue weighted by Crippen LogP contribution is -2.10. The Morgan fingerprint density at radius 2 is 0.621 bits per heavy atom. The first-order valence-corrected chi connectivity index (χ1v) is 29.9. The molecule has 6 heteroatoms. The van der Waals surface area contributed by atoms with Crippen molar-refractivity contribution < 1.29 is 13.2 Å². The molecule has 2 aromatic heterocycles. The standard InChI is InChI=1S/C81H68F3N3/c1-44-32-49(6)74(50(7)33-44)57-24-28-68-62(40-57)63-41-58(75-51(8)34-45(2)35-52(75)9)25-29-69(63)86(68)72-22-16-19-61(78-48(5)18-15-20-66(78)81(82,83)84)79(72)80-67(85-14)21-17-23-73(80)87-70-30-26-59(76-53(10)36-46(3)37-54(76)11)42-64(70)65-43-60(27-31-71(65)87)77-55(12)38-47(4)39-56(77)13/h15-43H,1-13H3. The molecular weight excluding hydrogens is 1070 g/mol. The van der Waals surface area contributed by atoms with Crippen LogP contribution in [0.25, 0.3) is 127 Å². The van der Waals surface area contributed by atoms with Crippen molar-refractivity contribution in [3.63, 3.8) is 0 Å². The molecule has 3 nitrogen and oxygen atoms in total. The van der Waals surface area contributed by atoms with E-state index < -0.39 is 11.7 Å². The second-order valence-electron chi connectivity index (χ2n) is 24.7. The Labute approximate surface area is 508 Å². The second-order valence-corrected chi connectivity index (χ2v) is 24.7. The topological polar surface area (TPSA) is 14.2 Å². The molecule has 0 atom stereocenters. The number of hydrogen-bond donors (Lipinski definition) is 0. The van der Waals surface area contributed by atoms with Crippen LogP contribution in [0.5, 0.6) is 0 Å². The summed E-state index contributed by atoms with van der Waals surface area (Å²) in [5, 5.41) is 4.04. The first kappa shape index (κ1) is 56.4. The molecule has 0 amide bonds. The predicted octanol–water partition coefficient (Wildman–Crippen LogP) is 23.5. The molecule has 0 saturated heterocycles. The van der Waals surface area contributed by atoms with Crippen molar-refractivity contribution in [2.75, 3.05) is 0 Å². The molecule has 0 aliphatic heterocycles. The van der Waals surface area contributed by atoms with E-state index in [0.717, 1.165) is 65.9 Å². The number of aromatic nitrogens is 2. The molecule has 0 unspecified atom stereocenters. The van der Waals surface area contributed by atoms with Gasteiger partial charge in [-0.3, -0.25) is 0 Å². The average molecular weight is 1140 g/mol. The predicted molar refractivity (Wildman–Crippen MR) is 361 cm³/mol. The highest BCUT2D eigenvalue weighted by Crippen LogP contribution is 2.52. The van der Waals surface area contributed by atoms with Gasteiger partial charge in [-0.05, 0) is 262 Å². The molecule has 13 aromatic rings. The summed E-state index contributed by atoms with van der Waals surface area (Å²) in [6.45, 7) is 36.8. The molecule has 428 valence electrons. The summed E-state index contributed by atoms with van der Waals surface area (Å²) in [5.41, 5.74) is 29.7. The van der Waals surface area contributed by atoms with Crippen LogP contribution in [0.2, 0.25) is 0 Å². The van der Waals surface area contributed by atoms with Crippen LogP contribution in [0, 0.1) is 96.6 Å². The summed E-state index contributed by atoms with van der Waals surface area (Å²) >= 11 is 0. The lowest BCUT2D eigenvalue weighted by molar-refractivity contribution is -0.137. The van der Waals surface area contributed by atoms with Crippen LogP contribution in [0.1, 0.15) is 77.9 Å². The van der Waals surface area contributed by atoms with Gasteiger partial charge in [-0.1, -0.05) is 131 Å². The van der Waals surface area contributed by atoms with E-state index in [0.29, 0.717) is 39.3 Å². The maximum atomic E-state index is 15.9. The highest BCUT2D eigenvalue weighted by molar-refractivity contribution is 6.15. The third-order valence-electron chi connectivity index (χ3n) is 18.2. The van der Waals surface area contributed by atoms with Gasteiger partial charge in [-0.25, -0.2) is 4.85 Å². The Hall–Kier alpha value is -9.70. The molecule has 0 spiro atoms. The molecule has 0 aliphatic carbocycles. The molecule has 0 bridgehead atoms. The highest BCUT2D eigenvalue weighted by Gasteiger charge is 2.36. The van der Waals surface area contributed by atoms with Gasteiger partial charge in [0.2, 0.25) is 0 Å². The highest BCUT2D eigenvalue weighted by atomic mass is 19.4. The van der Waals surface area contributed by atoms with Gasteiger partial charge < -0.3 is 9.13 Å². The molecule has 2 heterocycles. The van der Waals surface area contributed by atoms with Crippen molar-refractivity contribution in [1.82, 2.24) is 9.13 Å². The van der Waals surface area contributed by atoms with Gasteiger partial charge in [0.1, 0.15) is 0 Å². The normalized spacial score (nSPS) is 11.9. The van der Waals surface area contributed by atoms with Gasteiger partial charge in [-0.2, -0.15) is 13.2 Å². The van der Waals surface area contributed by atoms with E-state index in [4.69, 9.17) is 6.57 Å². The van der Waals surface area contributed by atoms with E-state index in [9.17, 15) is 0 Å². The van der Waals surface area contributed by atoms with Crippen LogP contribution in [0.15, 0.2) is 176 Å². The molecule has 0 aliphatic rings. The molecule has 13 rings (SSSR count). The largest absolute Gasteiger partial charge is 0.417 e. The molecule has 0 fully saturated rings.